The van der Waals surface area contributed by atoms with Crippen LogP contribution >= 0.6 is 0 Å². The Labute approximate surface area is 101 Å². The third kappa shape index (κ3) is 3.03. The molecule has 0 bridgehead atoms. The molecule has 2 rings (SSSR count). The normalized spacial score (nSPS) is 10.2. The highest BCUT2D eigenvalue weighted by Gasteiger charge is 2.00. The molecule has 0 spiro atoms. The fraction of sp³-hybridized carbons (Fsp3) is 0.286. The lowest BCUT2D eigenvalue weighted by Crippen LogP contribution is -1.98. The van der Waals surface area contributed by atoms with Crippen molar-refractivity contribution in [3.8, 4) is 5.75 Å². The number of benzene rings is 1. The number of rotatable bonds is 5. The van der Waals surface area contributed by atoms with Gasteiger partial charge < -0.3 is 14.5 Å². The van der Waals surface area contributed by atoms with Gasteiger partial charge in [-0.05, 0) is 24.3 Å². The number of methoxy groups -OCH3 is 1. The second-order valence-corrected chi connectivity index (χ2v) is 3.81. The number of anilines is 1. The maximum atomic E-state index is 5.62. The fourth-order valence-corrected chi connectivity index (χ4v) is 1.63. The van der Waals surface area contributed by atoms with E-state index in [1.54, 1.807) is 7.11 Å². The van der Waals surface area contributed by atoms with E-state index in [4.69, 9.17) is 9.15 Å². The van der Waals surface area contributed by atoms with Gasteiger partial charge in [-0.1, -0.05) is 13.0 Å². The van der Waals surface area contributed by atoms with Gasteiger partial charge in [-0.3, -0.25) is 0 Å². The molecule has 0 saturated carbocycles. The lowest BCUT2D eigenvalue weighted by Gasteiger charge is -2.06. The number of hydrogen-bond donors (Lipinski definition) is 1. The molecular weight excluding hydrogens is 214 g/mol. The Morgan fingerprint density at radius 3 is 2.71 bits per heavy atom. The zero-order valence-corrected chi connectivity index (χ0v) is 10.2. The Bertz CT molecular complexity index is 477. The van der Waals surface area contributed by atoms with Gasteiger partial charge in [-0.2, -0.15) is 0 Å². The molecule has 0 amide bonds. The first-order valence-corrected chi connectivity index (χ1v) is 5.77. The highest BCUT2D eigenvalue weighted by Crippen LogP contribution is 2.18. The van der Waals surface area contributed by atoms with Gasteiger partial charge in [-0.25, -0.2) is 0 Å². The number of aryl methyl sites for hydroxylation is 1. The van der Waals surface area contributed by atoms with Crippen LogP contribution in [0.3, 0.4) is 0 Å². The van der Waals surface area contributed by atoms with Gasteiger partial charge in [0.05, 0.1) is 13.7 Å². The van der Waals surface area contributed by atoms with Crippen LogP contribution in [0.15, 0.2) is 40.8 Å². The van der Waals surface area contributed by atoms with Crippen molar-refractivity contribution in [2.75, 3.05) is 12.4 Å². The van der Waals surface area contributed by atoms with Gasteiger partial charge >= 0.3 is 0 Å². The summed E-state index contributed by atoms with van der Waals surface area (Å²) in [5.74, 6) is 2.82. The summed E-state index contributed by atoms with van der Waals surface area (Å²) in [5, 5.41) is 3.30. The van der Waals surface area contributed by atoms with Gasteiger partial charge in [0.1, 0.15) is 17.3 Å². The number of furan rings is 1. The lowest BCUT2D eigenvalue weighted by molar-refractivity contribution is 0.415. The highest BCUT2D eigenvalue weighted by atomic mass is 16.5. The summed E-state index contributed by atoms with van der Waals surface area (Å²) >= 11 is 0. The number of nitrogens with one attached hydrogen (secondary N) is 1. The summed E-state index contributed by atoms with van der Waals surface area (Å²) in [7, 11) is 1.67. The van der Waals surface area contributed by atoms with Gasteiger partial charge in [0.2, 0.25) is 0 Å². The average Bonchev–Trinajstić information content (AvgIpc) is 2.84. The van der Waals surface area contributed by atoms with Crippen molar-refractivity contribution in [1.82, 2.24) is 0 Å². The molecule has 0 aliphatic carbocycles. The van der Waals surface area contributed by atoms with E-state index >= 15 is 0 Å². The molecule has 17 heavy (non-hydrogen) atoms. The second-order valence-electron chi connectivity index (χ2n) is 3.81. The third-order valence-electron chi connectivity index (χ3n) is 2.60. The SMILES string of the molecule is CCc1ccc(CNc2cccc(OC)c2)o1. The summed E-state index contributed by atoms with van der Waals surface area (Å²) in [6, 6.07) is 11.9. The Hall–Kier alpha value is -1.90. The Morgan fingerprint density at radius 2 is 2.00 bits per heavy atom. The standard InChI is InChI=1S/C14H17NO2/c1-3-12-7-8-14(17-12)10-15-11-5-4-6-13(9-11)16-2/h4-9,15H,3,10H2,1-2H3. The molecule has 90 valence electrons. The molecule has 1 aromatic heterocycles. The van der Waals surface area contributed by atoms with E-state index in [1.165, 1.54) is 0 Å². The lowest BCUT2D eigenvalue weighted by atomic mass is 10.3. The molecule has 1 aromatic carbocycles. The molecule has 2 aromatic rings. The predicted octanol–water partition coefficient (Wildman–Crippen LogP) is 3.46. The van der Waals surface area contributed by atoms with Crippen molar-refractivity contribution >= 4 is 5.69 Å². The Morgan fingerprint density at radius 1 is 1.18 bits per heavy atom. The van der Waals surface area contributed by atoms with Crippen LogP contribution < -0.4 is 10.1 Å². The van der Waals surface area contributed by atoms with Crippen LogP contribution in [0.25, 0.3) is 0 Å². The van der Waals surface area contributed by atoms with Crippen molar-refractivity contribution in [2.45, 2.75) is 19.9 Å². The summed E-state index contributed by atoms with van der Waals surface area (Å²) in [4.78, 5) is 0. The van der Waals surface area contributed by atoms with Gasteiger partial charge in [-0.15, -0.1) is 0 Å². The summed E-state index contributed by atoms with van der Waals surface area (Å²) < 4.78 is 10.8. The topological polar surface area (TPSA) is 34.4 Å². The maximum Gasteiger partial charge on any atom is 0.123 e. The number of hydrogen-bond acceptors (Lipinski definition) is 3. The zero-order chi connectivity index (χ0) is 12.1. The molecule has 3 nitrogen and oxygen atoms in total. The minimum absolute atomic E-state index is 0.688. The van der Waals surface area contributed by atoms with Crippen LogP contribution in [0.4, 0.5) is 5.69 Å². The van der Waals surface area contributed by atoms with Crippen LogP contribution in [0.1, 0.15) is 18.4 Å². The molecule has 0 fully saturated rings. The van der Waals surface area contributed by atoms with E-state index in [2.05, 4.69) is 12.2 Å². The van der Waals surface area contributed by atoms with Crippen LogP contribution in [0.2, 0.25) is 0 Å². The Kier molecular flexibility index (Phi) is 3.70. The summed E-state index contributed by atoms with van der Waals surface area (Å²) in [5.41, 5.74) is 1.03. The van der Waals surface area contributed by atoms with Crippen LogP contribution in [0, 0.1) is 0 Å². The minimum Gasteiger partial charge on any atom is -0.497 e. The van der Waals surface area contributed by atoms with Crippen molar-refractivity contribution in [3.63, 3.8) is 0 Å². The van der Waals surface area contributed by atoms with Crippen LogP contribution in [0.5, 0.6) is 5.75 Å². The van der Waals surface area contributed by atoms with Crippen molar-refractivity contribution in [1.29, 1.82) is 0 Å². The Balaban J connectivity index is 1.96. The maximum absolute atomic E-state index is 5.62. The first kappa shape index (κ1) is 11.6. The molecule has 0 atom stereocenters. The van der Waals surface area contributed by atoms with Crippen molar-refractivity contribution < 1.29 is 9.15 Å². The molecule has 0 radical (unpaired) electrons. The summed E-state index contributed by atoms with van der Waals surface area (Å²) in [6.07, 6.45) is 0.930. The fourth-order valence-electron chi connectivity index (χ4n) is 1.63. The molecule has 1 heterocycles. The molecule has 0 saturated heterocycles. The van der Waals surface area contributed by atoms with E-state index in [-0.39, 0.29) is 0 Å². The highest BCUT2D eigenvalue weighted by molar-refractivity contribution is 5.48. The average molecular weight is 231 g/mol. The predicted molar refractivity (Wildman–Crippen MR) is 68.4 cm³/mol. The molecule has 1 N–H and O–H groups in total. The molecular formula is C14H17NO2. The van der Waals surface area contributed by atoms with E-state index in [0.29, 0.717) is 6.54 Å². The first-order valence-electron chi connectivity index (χ1n) is 5.77. The number of ether oxygens (including phenoxy) is 1. The molecule has 0 aliphatic heterocycles. The minimum atomic E-state index is 0.688. The monoisotopic (exact) mass is 231 g/mol. The third-order valence-corrected chi connectivity index (χ3v) is 2.60. The van der Waals surface area contributed by atoms with Crippen molar-refractivity contribution in [2.24, 2.45) is 0 Å². The van der Waals surface area contributed by atoms with Crippen LogP contribution in [-0.2, 0) is 13.0 Å². The zero-order valence-electron chi connectivity index (χ0n) is 10.2. The van der Waals surface area contributed by atoms with E-state index in [0.717, 1.165) is 29.4 Å². The second kappa shape index (κ2) is 5.43. The molecule has 3 heteroatoms. The smallest absolute Gasteiger partial charge is 0.123 e. The largest absolute Gasteiger partial charge is 0.497 e. The quantitative estimate of drug-likeness (QED) is 0.855. The van der Waals surface area contributed by atoms with E-state index in [9.17, 15) is 0 Å². The first-order chi connectivity index (χ1) is 8.31. The van der Waals surface area contributed by atoms with Crippen LogP contribution in [-0.4, -0.2) is 7.11 Å². The van der Waals surface area contributed by atoms with Gasteiger partial charge in [0.15, 0.2) is 0 Å². The summed E-state index contributed by atoms with van der Waals surface area (Å²) in [6.45, 7) is 2.77. The van der Waals surface area contributed by atoms with E-state index in [1.807, 2.05) is 36.4 Å². The van der Waals surface area contributed by atoms with E-state index < -0.39 is 0 Å². The van der Waals surface area contributed by atoms with Crippen molar-refractivity contribution in [3.05, 3.63) is 47.9 Å². The molecule has 0 aliphatic rings. The molecule has 0 unspecified atom stereocenters. The van der Waals surface area contributed by atoms with Gasteiger partial charge in [0.25, 0.3) is 0 Å². The van der Waals surface area contributed by atoms with Gasteiger partial charge in [0, 0.05) is 18.2 Å².